The van der Waals surface area contributed by atoms with Crippen molar-refractivity contribution in [3.05, 3.63) is 0 Å². The predicted molar refractivity (Wildman–Crippen MR) is 53.9 cm³/mol. The summed E-state index contributed by atoms with van der Waals surface area (Å²) in [5.41, 5.74) is 0.547. The summed E-state index contributed by atoms with van der Waals surface area (Å²) >= 11 is 0. The summed E-state index contributed by atoms with van der Waals surface area (Å²) in [6.07, 6.45) is 6.39. The average molecular weight is 197 g/mol. The van der Waals surface area contributed by atoms with Crippen molar-refractivity contribution in [1.29, 1.82) is 0 Å². The van der Waals surface area contributed by atoms with Gasteiger partial charge < -0.3 is 10.1 Å². The number of rotatable bonds is 5. The second-order valence-electron chi connectivity index (χ2n) is 4.60. The Bertz CT molecular complexity index is 195. The highest BCUT2D eigenvalue weighted by molar-refractivity contribution is 5.36. The zero-order valence-corrected chi connectivity index (χ0v) is 8.63. The fraction of sp³-hybridized carbons (Fsp3) is 0.909. The fourth-order valence-corrected chi connectivity index (χ4v) is 2.77. The lowest BCUT2D eigenvalue weighted by Crippen LogP contribution is -2.32. The molecule has 80 valence electrons. The molecule has 2 fully saturated rings. The summed E-state index contributed by atoms with van der Waals surface area (Å²) in [5.74, 6) is 0.874. The minimum absolute atomic E-state index is 0.547. The molecule has 1 N–H and O–H groups in total. The van der Waals surface area contributed by atoms with Gasteiger partial charge in [-0.3, -0.25) is 4.79 Å². The first kappa shape index (κ1) is 9.97. The van der Waals surface area contributed by atoms with Crippen molar-refractivity contribution in [3.8, 4) is 0 Å². The lowest BCUT2D eigenvalue weighted by molar-refractivity contribution is -0.129. The van der Waals surface area contributed by atoms with E-state index in [1.54, 1.807) is 0 Å². The van der Waals surface area contributed by atoms with Gasteiger partial charge in [-0.15, -0.1) is 0 Å². The standard InChI is InChI=1S/C11H19NO2/c13-9-14-8-5-11(3-4-11)10-1-6-12-7-2-10/h9-10,12H,1-8H2. The molecule has 0 aromatic carbocycles. The van der Waals surface area contributed by atoms with Gasteiger partial charge in [-0.25, -0.2) is 0 Å². The number of carbonyl (C=O) groups is 1. The predicted octanol–water partition coefficient (Wildman–Crippen LogP) is 1.33. The van der Waals surface area contributed by atoms with E-state index in [0.29, 0.717) is 18.5 Å². The minimum atomic E-state index is 0.547. The monoisotopic (exact) mass is 197 g/mol. The normalized spacial score (nSPS) is 25.7. The van der Waals surface area contributed by atoms with Crippen molar-refractivity contribution < 1.29 is 9.53 Å². The van der Waals surface area contributed by atoms with Crippen molar-refractivity contribution in [1.82, 2.24) is 5.32 Å². The van der Waals surface area contributed by atoms with E-state index in [4.69, 9.17) is 4.74 Å². The van der Waals surface area contributed by atoms with Crippen LogP contribution < -0.4 is 5.32 Å². The molecule has 1 saturated heterocycles. The summed E-state index contributed by atoms with van der Waals surface area (Å²) in [5, 5.41) is 3.39. The first-order valence-electron chi connectivity index (χ1n) is 5.63. The summed E-state index contributed by atoms with van der Waals surface area (Å²) in [7, 11) is 0. The molecule has 0 spiro atoms. The SMILES string of the molecule is O=COCCC1(C2CCNCC2)CC1. The number of ether oxygens (including phenoxy) is 1. The van der Waals surface area contributed by atoms with Gasteiger partial charge >= 0.3 is 0 Å². The van der Waals surface area contributed by atoms with Crippen LogP contribution in [0.3, 0.4) is 0 Å². The first-order chi connectivity index (χ1) is 6.87. The van der Waals surface area contributed by atoms with Crippen LogP contribution in [0.4, 0.5) is 0 Å². The maximum Gasteiger partial charge on any atom is 0.293 e. The number of carbonyl (C=O) groups excluding carboxylic acids is 1. The van der Waals surface area contributed by atoms with Crippen LogP contribution in [-0.2, 0) is 9.53 Å². The van der Waals surface area contributed by atoms with Crippen molar-refractivity contribution in [2.24, 2.45) is 11.3 Å². The van der Waals surface area contributed by atoms with Gasteiger partial charge in [-0.1, -0.05) is 0 Å². The van der Waals surface area contributed by atoms with Crippen molar-refractivity contribution in [2.45, 2.75) is 32.1 Å². The van der Waals surface area contributed by atoms with Crippen LogP contribution in [0.15, 0.2) is 0 Å². The maximum absolute atomic E-state index is 10.1. The topological polar surface area (TPSA) is 38.3 Å². The van der Waals surface area contributed by atoms with Crippen molar-refractivity contribution in [3.63, 3.8) is 0 Å². The quantitative estimate of drug-likeness (QED) is 0.534. The molecule has 0 bridgehead atoms. The Balaban J connectivity index is 1.78. The highest BCUT2D eigenvalue weighted by atomic mass is 16.5. The first-order valence-corrected chi connectivity index (χ1v) is 5.63. The van der Waals surface area contributed by atoms with E-state index in [1.807, 2.05) is 0 Å². The number of hydrogen-bond donors (Lipinski definition) is 1. The van der Waals surface area contributed by atoms with E-state index >= 15 is 0 Å². The zero-order valence-electron chi connectivity index (χ0n) is 8.63. The fourth-order valence-electron chi connectivity index (χ4n) is 2.77. The van der Waals surface area contributed by atoms with E-state index in [0.717, 1.165) is 12.3 Å². The Labute approximate surface area is 85.2 Å². The summed E-state index contributed by atoms with van der Waals surface area (Å²) in [4.78, 5) is 10.1. The van der Waals surface area contributed by atoms with E-state index in [9.17, 15) is 4.79 Å². The van der Waals surface area contributed by atoms with Crippen LogP contribution in [0.25, 0.3) is 0 Å². The van der Waals surface area contributed by atoms with Crippen molar-refractivity contribution in [2.75, 3.05) is 19.7 Å². The van der Waals surface area contributed by atoms with Crippen LogP contribution in [-0.4, -0.2) is 26.2 Å². The van der Waals surface area contributed by atoms with Gasteiger partial charge in [0.05, 0.1) is 6.61 Å². The molecule has 3 heteroatoms. The molecule has 2 rings (SSSR count). The number of piperidine rings is 1. The van der Waals surface area contributed by atoms with E-state index in [2.05, 4.69) is 5.32 Å². The molecule has 0 radical (unpaired) electrons. The highest BCUT2D eigenvalue weighted by Crippen LogP contribution is 2.57. The van der Waals surface area contributed by atoms with Gasteiger partial charge in [0.15, 0.2) is 0 Å². The third-order valence-electron chi connectivity index (χ3n) is 3.88. The molecule has 0 amide bonds. The molecule has 1 aliphatic carbocycles. The average Bonchev–Trinajstić information content (AvgIpc) is 3.01. The van der Waals surface area contributed by atoms with Crippen LogP contribution >= 0.6 is 0 Å². The lowest BCUT2D eigenvalue weighted by atomic mass is 9.80. The second-order valence-corrected chi connectivity index (χ2v) is 4.60. The molecule has 1 heterocycles. The minimum Gasteiger partial charge on any atom is -0.468 e. The molecule has 14 heavy (non-hydrogen) atoms. The number of nitrogens with one attached hydrogen (secondary N) is 1. The molecule has 1 saturated carbocycles. The van der Waals surface area contributed by atoms with E-state index < -0.39 is 0 Å². The molecular formula is C11H19NO2. The molecule has 0 unspecified atom stereocenters. The molecule has 0 aromatic rings. The molecule has 2 aliphatic rings. The molecule has 3 nitrogen and oxygen atoms in total. The Morgan fingerprint density at radius 1 is 1.36 bits per heavy atom. The smallest absolute Gasteiger partial charge is 0.293 e. The van der Waals surface area contributed by atoms with Crippen LogP contribution in [0, 0.1) is 11.3 Å². The summed E-state index contributed by atoms with van der Waals surface area (Å²) in [6, 6.07) is 0. The van der Waals surface area contributed by atoms with Gasteiger partial charge in [0.25, 0.3) is 6.47 Å². The molecular weight excluding hydrogens is 178 g/mol. The molecule has 1 aliphatic heterocycles. The van der Waals surface area contributed by atoms with Gasteiger partial charge in [-0.2, -0.15) is 0 Å². The second kappa shape index (κ2) is 4.30. The summed E-state index contributed by atoms with van der Waals surface area (Å²) < 4.78 is 4.80. The zero-order chi connectivity index (χ0) is 9.86. The van der Waals surface area contributed by atoms with Crippen molar-refractivity contribution >= 4 is 6.47 Å². The molecule has 0 atom stereocenters. The van der Waals surface area contributed by atoms with E-state index in [-0.39, 0.29) is 0 Å². The van der Waals surface area contributed by atoms with Gasteiger partial charge in [0, 0.05) is 0 Å². The van der Waals surface area contributed by atoms with Crippen LogP contribution in [0.1, 0.15) is 32.1 Å². The maximum atomic E-state index is 10.1. The summed E-state index contributed by atoms with van der Waals surface area (Å²) in [6.45, 7) is 3.52. The Morgan fingerprint density at radius 2 is 2.07 bits per heavy atom. The Hall–Kier alpha value is -0.570. The van der Waals surface area contributed by atoms with Crippen LogP contribution in [0.5, 0.6) is 0 Å². The third kappa shape index (κ3) is 2.08. The largest absolute Gasteiger partial charge is 0.468 e. The lowest BCUT2D eigenvalue weighted by Gasteiger charge is -2.30. The highest BCUT2D eigenvalue weighted by Gasteiger charge is 2.48. The number of hydrogen-bond acceptors (Lipinski definition) is 3. The van der Waals surface area contributed by atoms with Gasteiger partial charge in [-0.05, 0) is 56.5 Å². The van der Waals surface area contributed by atoms with Gasteiger partial charge in [0.1, 0.15) is 0 Å². The third-order valence-corrected chi connectivity index (χ3v) is 3.88. The van der Waals surface area contributed by atoms with Crippen LogP contribution in [0.2, 0.25) is 0 Å². The van der Waals surface area contributed by atoms with E-state index in [1.165, 1.54) is 38.8 Å². The Morgan fingerprint density at radius 3 is 2.64 bits per heavy atom. The Kier molecular flexibility index (Phi) is 3.06. The molecule has 0 aromatic heterocycles. The van der Waals surface area contributed by atoms with Gasteiger partial charge in [0.2, 0.25) is 0 Å².